The van der Waals surface area contributed by atoms with Crippen LogP contribution in [0, 0.1) is 11.3 Å². The van der Waals surface area contributed by atoms with Crippen molar-refractivity contribution in [1.82, 2.24) is 10.2 Å². The molecule has 0 aromatic rings. The van der Waals surface area contributed by atoms with Crippen molar-refractivity contribution in [1.29, 1.82) is 0 Å². The van der Waals surface area contributed by atoms with Crippen molar-refractivity contribution >= 4 is 5.91 Å². The minimum Gasteiger partial charge on any atom is -0.368 e. The molecule has 3 N–H and O–H groups in total. The van der Waals surface area contributed by atoms with Crippen molar-refractivity contribution in [2.75, 3.05) is 26.2 Å². The number of nitrogens with two attached hydrogens (primary N) is 1. The Morgan fingerprint density at radius 1 is 1.33 bits per heavy atom. The quantitative estimate of drug-likeness (QED) is 0.789. The first-order valence-electron chi connectivity index (χ1n) is 8.67. The number of carbonyl (C=O) groups is 1. The molecule has 0 aromatic heterocycles. The predicted molar refractivity (Wildman–Crippen MR) is 87.0 cm³/mol. The molecule has 1 aliphatic heterocycles. The number of piperidine rings is 1. The van der Waals surface area contributed by atoms with Gasteiger partial charge in [-0.1, -0.05) is 27.2 Å². The van der Waals surface area contributed by atoms with Crippen molar-refractivity contribution in [3.05, 3.63) is 0 Å². The van der Waals surface area contributed by atoms with Gasteiger partial charge in [0.1, 0.15) is 5.54 Å². The Bertz CT molecular complexity index is 369. The SMILES string of the molecule is CCNC1(C(N)=O)CCCC1CCN1CCCC(C)(C)C1. The van der Waals surface area contributed by atoms with Crippen molar-refractivity contribution in [2.24, 2.45) is 17.1 Å². The molecular weight excluding hydrogens is 262 g/mol. The fourth-order valence-electron chi connectivity index (χ4n) is 4.50. The first-order chi connectivity index (χ1) is 9.89. The molecule has 2 fully saturated rings. The van der Waals surface area contributed by atoms with Gasteiger partial charge in [-0.2, -0.15) is 0 Å². The number of rotatable bonds is 6. The third kappa shape index (κ3) is 3.78. The van der Waals surface area contributed by atoms with E-state index in [4.69, 9.17) is 5.73 Å². The second kappa shape index (κ2) is 6.66. The first kappa shape index (κ1) is 16.8. The van der Waals surface area contributed by atoms with E-state index in [1.54, 1.807) is 0 Å². The molecule has 0 spiro atoms. The van der Waals surface area contributed by atoms with Crippen LogP contribution in [0.1, 0.15) is 59.3 Å². The van der Waals surface area contributed by atoms with E-state index in [9.17, 15) is 4.79 Å². The number of likely N-dealkylation sites (tertiary alicyclic amines) is 1. The molecule has 122 valence electrons. The molecule has 1 aliphatic carbocycles. The number of hydrogen-bond acceptors (Lipinski definition) is 3. The highest BCUT2D eigenvalue weighted by molar-refractivity contribution is 5.85. The summed E-state index contributed by atoms with van der Waals surface area (Å²) in [4.78, 5) is 14.6. The van der Waals surface area contributed by atoms with E-state index in [-0.39, 0.29) is 5.91 Å². The molecule has 4 heteroatoms. The van der Waals surface area contributed by atoms with E-state index in [2.05, 4.69) is 31.0 Å². The van der Waals surface area contributed by atoms with Gasteiger partial charge in [0, 0.05) is 6.54 Å². The van der Waals surface area contributed by atoms with Crippen LogP contribution in [-0.2, 0) is 4.79 Å². The Morgan fingerprint density at radius 2 is 2.10 bits per heavy atom. The van der Waals surface area contributed by atoms with E-state index >= 15 is 0 Å². The van der Waals surface area contributed by atoms with E-state index < -0.39 is 5.54 Å². The lowest BCUT2D eigenvalue weighted by Gasteiger charge is -2.40. The Balaban J connectivity index is 1.93. The molecule has 2 aliphatic rings. The summed E-state index contributed by atoms with van der Waals surface area (Å²) in [6.45, 7) is 11.1. The van der Waals surface area contributed by atoms with Gasteiger partial charge in [0.15, 0.2) is 0 Å². The lowest BCUT2D eigenvalue weighted by atomic mass is 9.82. The zero-order valence-corrected chi connectivity index (χ0v) is 14.1. The topological polar surface area (TPSA) is 58.4 Å². The molecule has 1 amide bonds. The molecule has 4 nitrogen and oxygen atoms in total. The second-order valence-electron chi connectivity index (χ2n) is 7.79. The van der Waals surface area contributed by atoms with Gasteiger partial charge in [-0.25, -0.2) is 0 Å². The summed E-state index contributed by atoms with van der Waals surface area (Å²) in [6.07, 6.45) is 6.87. The lowest BCUT2D eigenvalue weighted by molar-refractivity contribution is -0.126. The number of carbonyl (C=O) groups excluding carboxylic acids is 1. The van der Waals surface area contributed by atoms with Gasteiger partial charge < -0.3 is 16.0 Å². The number of hydrogen-bond donors (Lipinski definition) is 2. The Kier molecular flexibility index (Phi) is 5.31. The van der Waals surface area contributed by atoms with E-state index in [1.807, 2.05) is 0 Å². The van der Waals surface area contributed by atoms with Gasteiger partial charge in [0.05, 0.1) is 0 Å². The zero-order chi connectivity index (χ0) is 15.5. The number of primary amides is 1. The average Bonchev–Trinajstić information content (AvgIpc) is 2.80. The third-order valence-corrected chi connectivity index (χ3v) is 5.53. The van der Waals surface area contributed by atoms with Gasteiger partial charge in [-0.3, -0.25) is 4.79 Å². The largest absolute Gasteiger partial charge is 0.368 e. The molecule has 0 radical (unpaired) electrons. The zero-order valence-electron chi connectivity index (χ0n) is 14.1. The minimum atomic E-state index is -0.444. The van der Waals surface area contributed by atoms with E-state index in [1.165, 1.54) is 25.9 Å². The molecule has 2 atom stereocenters. The fraction of sp³-hybridized carbons (Fsp3) is 0.941. The molecule has 1 saturated carbocycles. The average molecular weight is 295 g/mol. The van der Waals surface area contributed by atoms with Gasteiger partial charge in [0.25, 0.3) is 0 Å². The highest BCUT2D eigenvalue weighted by Gasteiger charge is 2.46. The van der Waals surface area contributed by atoms with Gasteiger partial charge in [-0.05, 0) is 63.1 Å². The number of nitrogens with one attached hydrogen (secondary N) is 1. The number of amides is 1. The molecule has 2 unspecified atom stereocenters. The molecular formula is C17H33N3O. The van der Waals surface area contributed by atoms with Crippen LogP contribution in [0.2, 0.25) is 0 Å². The van der Waals surface area contributed by atoms with E-state index in [0.29, 0.717) is 11.3 Å². The Labute approximate surface area is 129 Å². The maximum atomic E-state index is 12.0. The van der Waals surface area contributed by atoms with Crippen LogP contribution in [-0.4, -0.2) is 42.5 Å². The smallest absolute Gasteiger partial charge is 0.238 e. The first-order valence-corrected chi connectivity index (χ1v) is 8.67. The molecule has 0 bridgehead atoms. The van der Waals surface area contributed by atoms with Gasteiger partial charge in [0.2, 0.25) is 5.91 Å². The highest BCUT2D eigenvalue weighted by atomic mass is 16.1. The van der Waals surface area contributed by atoms with Crippen molar-refractivity contribution in [3.8, 4) is 0 Å². The summed E-state index contributed by atoms with van der Waals surface area (Å²) in [5.74, 6) is 0.255. The highest BCUT2D eigenvalue weighted by Crippen LogP contribution is 2.38. The van der Waals surface area contributed by atoms with Crippen LogP contribution in [0.25, 0.3) is 0 Å². The fourth-order valence-corrected chi connectivity index (χ4v) is 4.50. The molecule has 21 heavy (non-hydrogen) atoms. The lowest BCUT2D eigenvalue weighted by Crippen LogP contribution is -2.58. The molecule has 2 rings (SSSR count). The van der Waals surface area contributed by atoms with Crippen LogP contribution in [0.3, 0.4) is 0 Å². The summed E-state index contributed by atoms with van der Waals surface area (Å²) in [5, 5.41) is 3.42. The summed E-state index contributed by atoms with van der Waals surface area (Å²) in [7, 11) is 0. The van der Waals surface area contributed by atoms with Crippen LogP contribution < -0.4 is 11.1 Å². The summed E-state index contributed by atoms with van der Waals surface area (Å²) in [5.41, 5.74) is 5.74. The standard InChI is InChI=1S/C17H33N3O/c1-4-19-17(15(18)21)10-5-7-14(17)8-12-20-11-6-9-16(2,3)13-20/h14,19H,4-13H2,1-3H3,(H2,18,21). The maximum absolute atomic E-state index is 12.0. The Morgan fingerprint density at radius 3 is 2.71 bits per heavy atom. The third-order valence-electron chi connectivity index (χ3n) is 5.53. The second-order valence-corrected chi connectivity index (χ2v) is 7.79. The van der Waals surface area contributed by atoms with Gasteiger partial charge >= 0.3 is 0 Å². The number of nitrogens with zero attached hydrogens (tertiary/aromatic N) is 1. The van der Waals surface area contributed by atoms with Crippen LogP contribution in [0.4, 0.5) is 0 Å². The summed E-state index contributed by atoms with van der Waals surface area (Å²) in [6, 6.07) is 0. The van der Waals surface area contributed by atoms with Crippen molar-refractivity contribution in [3.63, 3.8) is 0 Å². The minimum absolute atomic E-state index is 0.147. The summed E-state index contributed by atoms with van der Waals surface area (Å²) >= 11 is 0. The normalized spacial score (nSPS) is 33.2. The summed E-state index contributed by atoms with van der Waals surface area (Å²) < 4.78 is 0. The predicted octanol–water partition coefficient (Wildman–Crippen LogP) is 2.13. The Hall–Kier alpha value is -0.610. The van der Waals surface area contributed by atoms with Crippen molar-refractivity contribution < 1.29 is 4.79 Å². The molecule has 1 saturated heterocycles. The maximum Gasteiger partial charge on any atom is 0.238 e. The van der Waals surface area contributed by atoms with E-state index in [0.717, 1.165) is 38.8 Å². The molecule has 1 heterocycles. The monoisotopic (exact) mass is 295 g/mol. The van der Waals surface area contributed by atoms with Crippen LogP contribution in [0.5, 0.6) is 0 Å². The van der Waals surface area contributed by atoms with Crippen LogP contribution >= 0.6 is 0 Å². The van der Waals surface area contributed by atoms with Crippen molar-refractivity contribution in [2.45, 2.75) is 64.8 Å². The van der Waals surface area contributed by atoms with Crippen LogP contribution in [0.15, 0.2) is 0 Å². The molecule has 0 aromatic carbocycles. The number of likely N-dealkylation sites (N-methyl/N-ethyl adjacent to an activating group) is 1. The van der Waals surface area contributed by atoms with Gasteiger partial charge in [-0.15, -0.1) is 0 Å².